The Morgan fingerprint density at radius 3 is 2.20 bits per heavy atom. The Hall–Kier alpha value is -0.0800. The monoisotopic (exact) mass is 210 g/mol. The van der Waals surface area contributed by atoms with E-state index in [4.69, 9.17) is 5.73 Å². The first-order chi connectivity index (χ1) is 7.25. The van der Waals surface area contributed by atoms with Gasteiger partial charge in [0.15, 0.2) is 0 Å². The van der Waals surface area contributed by atoms with Crippen molar-refractivity contribution in [1.29, 1.82) is 0 Å². The van der Waals surface area contributed by atoms with Crippen LogP contribution in [-0.2, 0) is 0 Å². The van der Waals surface area contributed by atoms with Crippen LogP contribution in [0.15, 0.2) is 0 Å². The molecule has 2 heteroatoms. The van der Waals surface area contributed by atoms with Crippen molar-refractivity contribution >= 4 is 0 Å². The Balaban J connectivity index is 1.71. The van der Waals surface area contributed by atoms with E-state index < -0.39 is 0 Å². The predicted octanol–water partition coefficient (Wildman–Crippen LogP) is 2.42. The van der Waals surface area contributed by atoms with Crippen LogP contribution in [0.2, 0.25) is 0 Å². The number of hydrogen-bond donors (Lipinski definition) is 2. The van der Waals surface area contributed by atoms with Crippen molar-refractivity contribution in [3.05, 3.63) is 0 Å². The molecule has 0 aromatic carbocycles. The maximum absolute atomic E-state index is 5.81. The van der Waals surface area contributed by atoms with Crippen molar-refractivity contribution < 1.29 is 0 Å². The van der Waals surface area contributed by atoms with Crippen LogP contribution in [-0.4, -0.2) is 18.1 Å². The minimum Gasteiger partial charge on any atom is -0.328 e. The van der Waals surface area contributed by atoms with Gasteiger partial charge < -0.3 is 11.1 Å². The average molecular weight is 210 g/mol. The van der Waals surface area contributed by atoms with Crippen LogP contribution < -0.4 is 11.1 Å². The Morgan fingerprint density at radius 1 is 1.07 bits per heavy atom. The van der Waals surface area contributed by atoms with E-state index in [9.17, 15) is 0 Å². The number of hydrogen-bond acceptors (Lipinski definition) is 2. The summed E-state index contributed by atoms with van der Waals surface area (Å²) in [5.74, 6) is 0.921. The highest BCUT2D eigenvalue weighted by Crippen LogP contribution is 2.27. The van der Waals surface area contributed by atoms with E-state index in [1.807, 2.05) is 0 Å². The molecule has 0 heterocycles. The van der Waals surface area contributed by atoms with E-state index in [1.165, 1.54) is 51.4 Å². The summed E-state index contributed by atoms with van der Waals surface area (Å²) >= 11 is 0. The topological polar surface area (TPSA) is 38.0 Å². The van der Waals surface area contributed by atoms with Gasteiger partial charge in [0.1, 0.15) is 0 Å². The maximum Gasteiger partial charge on any atom is 0.00991 e. The summed E-state index contributed by atoms with van der Waals surface area (Å²) in [7, 11) is 0. The second-order valence-corrected chi connectivity index (χ2v) is 5.64. The molecule has 2 aliphatic carbocycles. The van der Waals surface area contributed by atoms with Gasteiger partial charge in [0.25, 0.3) is 0 Å². The van der Waals surface area contributed by atoms with E-state index in [0.717, 1.165) is 12.0 Å². The molecule has 88 valence electrons. The summed E-state index contributed by atoms with van der Waals surface area (Å²) < 4.78 is 0. The average Bonchev–Trinajstić information content (AvgIpc) is 2.43. The van der Waals surface area contributed by atoms with Crippen LogP contribution >= 0.6 is 0 Å². The Bertz CT molecular complexity index is 179. The molecule has 15 heavy (non-hydrogen) atoms. The van der Waals surface area contributed by atoms with E-state index in [1.54, 1.807) is 0 Å². The third-order valence-corrected chi connectivity index (χ3v) is 4.28. The van der Waals surface area contributed by atoms with E-state index in [0.29, 0.717) is 12.1 Å². The van der Waals surface area contributed by atoms with Gasteiger partial charge in [-0.05, 0) is 38.5 Å². The van der Waals surface area contributed by atoms with Gasteiger partial charge in [-0.15, -0.1) is 0 Å². The van der Waals surface area contributed by atoms with E-state index in [2.05, 4.69) is 12.2 Å². The van der Waals surface area contributed by atoms with Gasteiger partial charge in [-0.1, -0.05) is 25.7 Å². The summed E-state index contributed by atoms with van der Waals surface area (Å²) in [6.45, 7) is 2.37. The lowest BCUT2D eigenvalue weighted by molar-refractivity contribution is 0.229. The molecule has 0 spiro atoms. The summed E-state index contributed by atoms with van der Waals surface area (Å²) in [5.41, 5.74) is 5.81. The molecule has 2 rings (SSSR count). The fraction of sp³-hybridized carbons (Fsp3) is 1.00. The normalized spacial score (nSPS) is 35.6. The SMILES string of the molecule is C[C@H](NC1CC(N)C1)C1CCCCCC1. The molecule has 0 radical (unpaired) electrons. The quantitative estimate of drug-likeness (QED) is 0.702. The van der Waals surface area contributed by atoms with Gasteiger partial charge in [0.2, 0.25) is 0 Å². The highest BCUT2D eigenvalue weighted by molar-refractivity contribution is 4.90. The molecule has 0 aromatic heterocycles. The van der Waals surface area contributed by atoms with Gasteiger partial charge in [-0.3, -0.25) is 0 Å². The van der Waals surface area contributed by atoms with Crippen molar-refractivity contribution in [2.45, 2.75) is 76.4 Å². The third-order valence-electron chi connectivity index (χ3n) is 4.28. The molecule has 3 N–H and O–H groups in total. The lowest BCUT2D eigenvalue weighted by atomic mass is 9.85. The molecular weight excluding hydrogens is 184 g/mol. The molecule has 0 bridgehead atoms. The van der Waals surface area contributed by atoms with Crippen LogP contribution in [0, 0.1) is 5.92 Å². The van der Waals surface area contributed by atoms with Crippen molar-refractivity contribution in [2.24, 2.45) is 11.7 Å². The van der Waals surface area contributed by atoms with Crippen LogP contribution in [0.25, 0.3) is 0 Å². The fourth-order valence-electron chi connectivity index (χ4n) is 3.12. The minimum atomic E-state index is 0.476. The molecule has 2 saturated carbocycles. The van der Waals surface area contributed by atoms with Gasteiger partial charge in [0.05, 0.1) is 0 Å². The first kappa shape index (κ1) is 11.4. The van der Waals surface area contributed by atoms with Crippen molar-refractivity contribution in [3.8, 4) is 0 Å². The van der Waals surface area contributed by atoms with E-state index >= 15 is 0 Å². The molecule has 0 aromatic rings. The molecular formula is C13H26N2. The molecule has 0 amide bonds. The van der Waals surface area contributed by atoms with Crippen molar-refractivity contribution in [1.82, 2.24) is 5.32 Å². The van der Waals surface area contributed by atoms with Gasteiger partial charge in [-0.25, -0.2) is 0 Å². The first-order valence-corrected chi connectivity index (χ1v) is 6.77. The Morgan fingerprint density at radius 2 is 1.67 bits per heavy atom. The zero-order valence-corrected chi connectivity index (χ0v) is 10.0. The summed E-state index contributed by atoms with van der Waals surface area (Å²) in [6.07, 6.45) is 11.1. The third kappa shape index (κ3) is 3.18. The van der Waals surface area contributed by atoms with E-state index in [-0.39, 0.29) is 0 Å². The predicted molar refractivity (Wildman–Crippen MR) is 64.8 cm³/mol. The summed E-state index contributed by atoms with van der Waals surface area (Å²) in [6, 6.07) is 1.91. The maximum atomic E-state index is 5.81. The second-order valence-electron chi connectivity index (χ2n) is 5.64. The number of nitrogens with two attached hydrogens (primary N) is 1. The standard InChI is InChI=1S/C13H26N2/c1-10(15-13-8-12(14)9-13)11-6-4-2-3-5-7-11/h10-13,15H,2-9,14H2,1H3/t10-,12?,13?/m0/s1. The smallest absolute Gasteiger partial charge is 0.00991 e. The minimum absolute atomic E-state index is 0.476. The number of nitrogens with one attached hydrogen (secondary N) is 1. The highest BCUT2D eigenvalue weighted by atomic mass is 15.0. The van der Waals surface area contributed by atoms with Gasteiger partial charge >= 0.3 is 0 Å². The molecule has 2 aliphatic rings. The zero-order chi connectivity index (χ0) is 10.7. The Kier molecular flexibility index (Phi) is 4.04. The molecule has 0 saturated heterocycles. The molecule has 2 nitrogen and oxygen atoms in total. The van der Waals surface area contributed by atoms with Crippen LogP contribution in [0.3, 0.4) is 0 Å². The Labute approximate surface area is 94.0 Å². The lowest BCUT2D eigenvalue weighted by Gasteiger charge is -2.37. The molecule has 0 unspecified atom stereocenters. The van der Waals surface area contributed by atoms with Gasteiger partial charge in [-0.2, -0.15) is 0 Å². The lowest BCUT2D eigenvalue weighted by Crippen LogP contribution is -2.52. The largest absolute Gasteiger partial charge is 0.328 e. The van der Waals surface area contributed by atoms with Gasteiger partial charge in [0, 0.05) is 18.1 Å². The zero-order valence-electron chi connectivity index (χ0n) is 10.0. The summed E-state index contributed by atoms with van der Waals surface area (Å²) in [4.78, 5) is 0. The van der Waals surface area contributed by atoms with Crippen LogP contribution in [0.1, 0.15) is 58.3 Å². The van der Waals surface area contributed by atoms with Crippen LogP contribution in [0.5, 0.6) is 0 Å². The first-order valence-electron chi connectivity index (χ1n) is 6.77. The number of rotatable bonds is 3. The summed E-state index contributed by atoms with van der Waals surface area (Å²) in [5, 5.41) is 3.76. The van der Waals surface area contributed by atoms with Crippen LogP contribution in [0.4, 0.5) is 0 Å². The van der Waals surface area contributed by atoms with Crippen molar-refractivity contribution in [2.75, 3.05) is 0 Å². The molecule has 0 aliphatic heterocycles. The second kappa shape index (κ2) is 5.31. The highest BCUT2D eigenvalue weighted by Gasteiger charge is 2.29. The fourth-order valence-corrected chi connectivity index (χ4v) is 3.12. The van der Waals surface area contributed by atoms with Crippen molar-refractivity contribution in [3.63, 3.8) is 0 Å². The molecule has 1 atom stereocenters. The molecule has 2 fully saturated rings.